The Kier molecular flexibility index (Phi) is 4.20. The zero-order chi connectivity index (χ0) is 13.0. The molecule has 0 radical (unpaired) electrons. The largest absolute Gasteiger partial charge is 0.497 e. The third kappa shape index (κ3) is 3.23. The van der Waals surface area contributed by atoms with Gasteiger partial charge < -0.3 is 15.2 Å². The van der Waals surface area contributed by atoms with E-state index in [-0.39, 0.29) is 6.42 Å². The number of hydrogen-bond acceptors (Lipinski definition) is 3. The molecule has 2 N–H and O–H groups in total. The van der Waals surface area contributed by atoms with Gasteiger partial charge in [-0.2, -0.15) is 0 Å². The van der Waals surface area contributed by atoms with Crippen LogP contribution in [0.4, 0.5) is 0 Å². The van der Waals surface area contributed by atoms with Crippen molar-refractivity contribution in [3.8, 4) is 5.75 Å². The van der Waals surface area contributed by atoms with Crippen LogP contribution in [0.1, 0.15) is 24.0 Å². The average molecular weight is 249 g/mol. The van der Waals surface area contributed by atoms with Crippen LogP contribution in [0.2, 0.25) is 0 Å². The molecule has 1 unspecified atom stereocenters. The number of fused-ring (bicyclic) bond motifs is 1. The van der Waals surface area contributed by atoms with Crippen LogP contribution in [0.3, 0.4) is 0 Å². The first kappa shape index (κ1) is 12.9. The summed E-state index contributed by atoms with van der Waals surface area (Å²) in [7, 11) is 1.67. The SMILES string of the molecule is COc1ccc2c(c1)CC(NCCC(=O)O)CC2. The Morgan fingerprint density at radius 1 is 1.50 bits per heavy atom. The van der Waals surface area contributed by atoms with Crippen molar-refractivity contribution in [1.82, 2.24) is 5.32 Å². The molecule has 98 valence electrons. The van der Waals surface area contributed by atoms with Crippen molar-refractivity contribution in [1.29, 1.82) is 0 Å². The minimum absolute atomic E-state index is 0.182. The van der Waals surface area contributed by atoms with E-state index in [0.717, 1.165) is 25.0 Å². The number of methoxy groups -OCH3 is 1. The summed E-state index contributed by atoms with van der Waals surface area (Å²) in [5, 5.41) is 11.9. The van der Waals surface area contributed by atoms with Gasteiger partial charge >= 0.3 is 5.97 Å². The molecule has 1 aliphatic rings. The first-order valence-electron chi connectivity index (χ1n) is 6.30. The Hall–Kier alpha value is -1.55. The van der Waals surface area contributed by atoms with Crippen LogP contribution in [0.5, 0.6) is 5.75 Å². The molecular weight excluding hydrogens is 230 g/mol. The van der Waals surface area contributed by atoms with E-state index in [1.807, 2.05) is 6.07 Å². The highest BCUT2D eigenvalue weighted by Gasteiger charge is 2.18. The van der Waals surface area contributed by atoms with Crippen molar-refractivity contribution in [3.05, 3.63) is 29.3 Å². The number of nitrogens with one attached hydrogen (secondary N) is 1. The molecule has 1 atom stereocenters. The third-order valence-electron chi connectivity index (χ3n) is 3.41. The van der Waals surface area contributed by atoms with E-state index in [1.54, 1.807) is 7.11 Å². The minimum atomic E-state index is -0.750. The predicted octanol–water partition coefficient (Wildman–Crippen LogP) is 1.62. The molecule has 0 saturated carbocycles. The number of carbonyl (C=O) groups is 1. The van der Waals surface area contributed by atoms with Gasteiger partial charge in [-0.3, -0.25) is 4.79 Å². The number of aryl methyl sites for hydroxylation is 1. The summed E-state index contributed by atoms with van der Waals surface area (Å²) in [4.78, 5) is 10.5. The van der Waals surface area contributed by atoms with Gasteiger partial charge in [-0.1, -0.05) is 6.07 Å². The predicted molar refractivity (Wildman–Crippen MR) is 69.1 cm³/mol. The zero-order valence-electron chi connectivity index (χ0n) is 10.6. The number of carboxylic acids is 1. The molecule has 4 heteroatoms. The number of ether oxygens (including phenoxy) is 1. The summed E-state index contributed by atoms with van der Waals surface area (Å²) in [6.45, 7) is 0.541. The Labute approximate surface area is 107 Å². The number of benzene rings is 1. The monoisotopic (exact) mass is 249 g/mol. The lowest BCUT2D eigenvalue weighted by Crippen LogP contribution is -2.35. The first-order valence-corrected chi connectivity index (χ1v) is 6.30. The van der Waals surface area contributed by atoms with Crippen molar-refractivity contribution in [2.45, 2.75) is 31.7 Å². The van der Waals surface area contributed by atoms with Gasteiger partial charge in [-0.25, -0.2) is 0 Å². The van der Waals surface area contributed by atoms with E-state index in [1.165, 1.54) is 11.1 Å². The van der Waals surface area contributed by atoms with Gasteiger partial charge in [0.05, 0.1) is 13.5 Å². The molecule has 0 spiro atoms. The molecular formula is C14H19NO3. The molecule has 1 aromatic rings. The van der Waals surface area contributed by atoms with E-state index in [4.69, 9.17) is 9.84 Å². The van der Waals surface area contributed by atoms with Crippen LogP contribution in [-0.2, 0) is 17.6 Å². The second kappa shape index (κ2) is 5.87. The van der Waals surface area contributed by atoms with E-state index in [9.17, 15) is 4.79 Å². The fourth-order valence-electron chi connectivity index (χ4n) is 2.42. The van der Waals surface area contributed by atoms with Crippen LogP contribution >= 0.6 is 0 Å². The normalized spacial score (nSPS) is 18.2. The molecule has 4 nitrogen and oxygen atoms in total. The Morgan fingerprint density at radius 2 is 2.33 bits per heavy atom. The van der Waals surface area contributed by atoms with Gasteiger partial charge in [0.1, 0.15) is 5.75 Å². The van der Waals surface area contributed by atoms with Crippen LogP contribution in [0, 0.1) is 0 Å². The molecule has 1 aliphatic carbocycles. The molecule has 0 saturated heterocycles. The maximum absolute atomic E-state index is 10.5. The second-order valence-electron chi connectivity index (χ2n) is 4.67. The quantitative estimate of drug-likeness (QED) is 0.832. The second-order valence-corrected chi connectivity index (χ2v) is 4.67. The molecule has 0 bridgehead atoms. The number of rotatable bonds is 5. The molecule has 0 heterocycles. The number of carboxylic acid groups (broad SMARTS) is 1. The Morgan fingerprint density at radius 3 is 3.06 bits per heavy atom. The fourth-order valence-corrected chi connectivity index (χ4v) is 2.42. The Balaban J connectivity index is 1.93. The zero-order valence-corrected chi connectivity index (χ0v) is 10.6. The summed E-state index contributed by atoms with van der Waals surface area (Å²) in [5.41, 5.74) is 2.69. The van der Waals surface area contributed by atoms with Gasteiger partial charge in [0.25, 0.3) is 0 Å². The minimum Gasteiger partial charge on any atom is -0.497 e. The van der Waals surface area contributed by atoms with Crippen LogP contribution in [-0.4, -0.2) is 30.8 Å². The topological polar surface area (TPSA) is 58.6 Å². The molecule has 18 heavy (non-hydrogen) atoms. The molecule has 0 fully saturated rings. The Bertz CT molecular complexity index is 431. The van der Waals surface area contributed by atoms with Crippen LogP contribution < -0.4 is 10.1 Å². The third-order valence-corrected chi connectivity index (χ3v) is 3.41. The van der Waals surface area contributed by atoms with Crippen molar-refractivity contribution >= 4 is 5.97 Å². The molecule has 0 amide bonds. The number of hydrogen-bond donors (Lipinski definition) is 2. The van der Waals surface area contributed by atoms with Crippen molar-refractivity contribution in [3.63, 3.8) is 0 Å². The van der Waals surface area contributed by atoms with E-state index < -0.39 is 5.97 Å². The standard InChI is InChI=1S/C14H19NO3/c1-18-13-5-3-10-2-4-12(8-11(10)9-13)15-7-6-14(16)17/h3,5,9,12,15H,2,4,6-8H2,1H3,(H,16,17). The van der Waals surface area contributed by atoms with Crippen LogP contribution in [0.25, 0.3) is 0 Å². The van der Waals surface area contributed by atoms with Gasteiger partial charge in [-0.05, 0) is 42.5 Å². The molecule has 2 rings (SSSR count). The van der Waals surface area contributed by atoms with E-state index in [0.29, 0.717) is 12.6 Å². The summed E-state index contributed by atoms with van der Waals surface area (Å²) in [6, 6.07) is 6.59. The molecule has 1 aromatic carbocycles. The fraction of sp³-hybridized carbons (Fsp3) is 0.500. The smallest absolute Gasteiger partial charge is 0.304 e. The highest BCUT2D eigenvalue weighted by Crippen LogP contribution is 2.25. The summed E-state index contributed by atoms with van der Waals surface area (Å²) in [5.74, 6) is 0.139. The van der Waals surface area contributed by atoms with E-state index in [2.05, 4.69) is 17.4 Å². The first-order chi connectivity index (χ1) is 8.69. The van der Waals surface area contributed by atoms with Gasteiger partial charge in [0, 0.05) is 12.6 Å². The lowest BCUT2D eigenvalue weighted by atomic mass is 9.88. The highest BCUT2D eigenvalue weighted by molar-refractivity contribution is 5.66. The van der Waals surface area contributed by atoms with Crippen molar-refractivity contribution in [2.24, 2.45) is 0 Å². The van der Waals surface area contributed by atoms with Crippen molar-refractivity contribution < 1.29 is 14.6 Å². The lowest BCUT2D eigenvalue weighted by molar-refractivity contribution is -0.136. The maximum atomic E-state index is 10.5. The van der Waals surface area contributed by atoms with E-state index >= 15 is 0 Å². The highest BCUT2D eigenvalue weighted by atomic mass is 16.5. The average Bonchev–Trinajstić information content (AvgIpc) is 2.37. The van der Waals surface area contributed by atoms with Crippen LogP contribution in [0.15, 0.2) is 18.2 Å². The maximum Gasteiger partial charge on any atom is 0.304 e. The molecule has 0 aliphatic heterocycles. The van der Waals surface area contributed by atoms with Gasteiger partial charge in [0.2, 0.25) is 0 Å². The molecule has 0 aromatic heterocycles. The van der Waals surface area contributed by atoms with Crippen molar-refractivity contribution in [2.75, 3.05) is 13.7 Å². The number of aliphatic carboxylic acids is 1. The summed E-state index contributed by atoms with van der Waals surface area (Å²) >= 11 is 0. The van der Waals surface area contributed by atoms with Gasteiger partial charge in [-0.15, -0.1) is 0 Å². The summed E-state index contributed by atoms with van der Waals surface area (Å²) in [6.07, 6.45) is 3.25. The van der Waals surface area contributed by atoms with Gasteiger partial charge in [0.15, 0.2) is 0 Å². The lowest BCUT2D eigenvalue weighted by Gasteiger charge is -2.25. The summed E-state index contributed by atoms with van der Waals surface area (Å²) < 4.78 is 5.23.